The lowest BCUT2D eigenvalue weighted by Gasteiger charge is -2.09. The molecule has 0 aromatic heterocycles. The molecule has 2 rings (SSSR count). The van der Waals surface area contributed by atoms with Crippen molar-refractivity contribution in [2.24, 2.45) is 11.7 Å². The zero-order valence-corrected chi connectivity index (χ0v) is 9.73. The third-order valence-corrected chi connectivity index (χ3v) is 2.86. The van der Waals surface area contributed by atoms with E-state index in [4.69, 9.17) is 22.7 Å². The van der Waals surface area contributed by atoms with Gasteiger partial charge in [0.25, 0.3) is 0 Å². The molecular weight excluding hydrogens is 225 g/mol. The highest BCUT2D eigenvalue weighted by Gasteiger charge is 2.21. The van der Waals surface area contributed by atoms with Gasteiger partial charge < -0.3 is 10.5 Å². The molecule has 0 atom stereocenters. The van der Waals surface area contributed by atoms with Gasteiger partial charge in [0.1, 0.15) is 10.8 Å². The molecule has 0 aliphatic heterocycles. The highest BCUT2D eigenvalue weighted by Crippen LogP contribution is 2.29. The minimum absolute atomic E-state index is 0.282. The zero-order valence-electron chi connectivity index (χ0n) is 8.91. The number of hydrogen-bond acceptors (Lipinski definition) is 2. The number of ether oxygens (including phenoxy) is 1. The average molecular weight is 239 g/mol. The second kappa shape index (κ2) is 4.89. The Balaban J connectivity index is 2.03. The first-order chi connectivity index (χ1) is 7.66. The second-order valence-electron chi connectivity index (χ2n) is 4.12. The molecule has 0 bridgehead atoms. The summed E-state index contributed by atoms with van der Waals surface area (Å²) < 4.78 is 18.6. The van der Waals surface area contributed by atoms with Gasteiger partial charge in [0.2, 0.25) is 0 Å². The first-order valence-corrected chi connectivity index (χ1v) is 5.73. The van der Waals surface area contributed by atoms with Gasteiger partial charge in [-0.1, -0.05) is 12.2 Å². The van der Waals surface area contributed by atoms with Crippen LogP contribution in [0.15, 0.2) is 18.2 Å². The lowest BCUT2D eigenvalue weighted by molar-refractivity contribution is 0.111. The van der Waals surface area contributed by atoms with Crippen LogP contribution in [0.25, 0.3) is 0 Å². The number of thiocarbonyl (C=S) groups is 1. The monoisotopic (exact) mass is 239 g/mol. The van der Waals surface area contributed by atoms with E-state index in [9.17, 15) is 4.39 Å². The number of hydrogen-bond donors (Lipinski definition) is 1. The Morgan fingerprint density at radius 2 is 2.25 bits per heavy atom. The third-order valence-electron chi connectivity index (χ3n) is 2.64. The fraction of sp³-hybridized carbons (Fsp3) is 0.417. The summed E-state index contributed by atoms with van der Waals surface area (Å²) in [5.41, 5.74) is 6.99. The summed E-state index contributed by atoms with van der Waals surface area (Å²) in [7, 11) is 0. The molecule has 86 valence electrons. The highest BCUT2D eigenvalue weighted by molar-refractivity contribution is 7.80. The summed E-state index contributed by atoms with van der Waals surface area (Å²) in [4.78, 5) is 0.282. The van der Waals surface area contributed by atoms with Crippen LogP contribution < -0.4 is 5.73 Å². The van der Waals surface area contributed by atoms with Crippen molar-refractivity contribution in [3.63, 3.8) is 0 Å². The van der Waals surface area contributed by atoms with Gasteiger partial charge in [0, 0.05) is 12.2 Å². The summed E-state index contributed by atoms with van der Waals surface area (Å²) in [6.07, 6.45) is 2.48. The summed E-state index contributed by atoms with van der Waals surface area (Å²) in [5.74, 6) is 0.409. The van der Waals surface area contributed by atoms with E-state index in [0.717, 1.165) is 12.2 Å². The van der Waals surface area contributed by atoms with Gasteiger partial charge in [0.15, 0.2) is 0 Å². The molecule has 0 unspecified atom stereocenters. The molecule has 0 amide bonds. The zero-order chi connectivity index (χ0) is 11.5. The quantitative estimate of drug-likeness (QED) is 0.801. The molecular formula is C12H14FNOS. The molecule has 0 saturated heterocycles. The molecule has 0 heterocycles. The maximum absolute atomic E-state index is 13.1. The van der Waals surface area contributed by atoms with Crippen molar-refractivity contribution in [1.29, 1.82) is 0 Å². The molecule has 0 radical (unpaired) electrons. The normalized spacial score (nSPS) is 15.1. The van der Waals surface area contributed by atoms with Crippen LogP contribution in [0.3, 0.4) is 0 Å². The average Bonchev–Trinajstić information content (AvgIpc) is 3.01. The van der Waals surface area contributed by atoms with E-state index in [1.54, 1.807) is 6.07 Å². The maximum atomic E-state index is 13.1. The van der Waals surface area contributed by atoms with Gasteiger partial charge in [0.05, 0.1) is 6.61 Å². The summed E-state index contributed by atoms with van der Waals surface area (Å²) in [6, 6.07) is 4.40. The van der Waals surface area contributed by atoms with Crippen LogP contribution in [0.2, 0.25) is 0 Å². The second-order valence-corrected chi connectivity index (χ2v) is 4.56. The maximum Gasteiger partial charge on any atom is 0.123 e. The smallest absolute Gasteiger partial charge is 0.123 e. The van der Waals surface area contributed by atoms with Crippen LogP contribution in [0, 0.1) is 11.7 Å². The molecule has 0 spiro atoms. The number of rotatable bonds is 5. The van der Waals surface area contributed by atoms with Gasteiger partial charge in [-0.25, -0.2) is 4.39 Å². The van der Waals surface area contributed by atoms with Crippen LogP contribution >= 0.6 is 12.2 Å². The van der Waals surface area contributed by atoms with Crippen molar-refractivity contribution >= 4 is 17.2 Å². The van der Waals surface area contributed by atoms with Gasteiger partial charge in [-0.05, 0) is 42.5 Å². The molecule has 1 fully saturated rings. The van der Waals surface area contributed by atoms with Crippen LogP contribution in [-0.4, -0.2) is 11.6 Å². The van der Waals surface area contributed by atoms with E-state index in [2.05, 4.69) is 0 Å². The van der Waals surface area contributed by atoms with E-state index in [-0.39, 0.29) is 10.8 Å². The van der Waals surface area contributed by atoms with Crippen LogP contribution in [0.4, 0.5) is 4.39 Å². The van der Waals surface area contributed by atoms with Crippen molar-refractivity contribution in [3.8, 4) is 0 Å². The van der Waals surface area contributed by atoms with E-state index in [1.807, 2.05) is 0 Å². The van der Waals surface area contributed by atoms with Gasteiger partial charge >= 0.3 is 0 Å². The Morgan fingerprint density at radius 3 is 2.88 bits per heavy atom. The predicted octanol–water partition coefficient (Wildman–Crippen LogP) is 2.39. The van der Waals surface area contributed by atoms with E-state index >= 15 is 0 Å². The molecule has 1 aliphatic rings. The largest absolute Gasteiger partial charge is 0.389 e. The Hall–Kier alpha value is -1.00. The van der Waals surface area contributed by atoms with Crippen LogP contribution in [0.1, 0.15) is 24.0 Å². The van der Waals surface area contributed by atoms with Gasteiger partial charge in [-0.3, -0.25) is 0 Å². The fourth-order valence-corrected chi connectivity index (χ4v) is 1.74. The van der Waals surface area contributed by atoms with Crippen LogP contribution in [-0.2, 0) is 11.3 Å². The lowest BCUT2D eigenvalue weighted by Crippen LogP contribution is -2.13. The van der Waals surface area contributed by atoms with E-state index < -0.39 is 0 Å². The Kier molecular flexibility index (Phi) is 3.51. The van der Waals surface area contributed by atoms with Crippen molar-refractivity contribution in [3.05, 3.63) is 35.1 Å². The molecule has 1 saturated carbocycles. The predicted molar refractivity (Wildman–Crippen MR) is 64.7 cm³/mol. The highest BCUT2D eigenvalue weighted by atomic mass is 32.1. The minimum Gasteiger partial charge on any atom is -0.389 e. The first kappa shape index (κ1) is 11.5. The summed E-state index contributed by atoms with van der Waals surface area (Å²) in [5, 5.41) is 0. The molecule has 2 nitrogen and oxygen atoms in total. The minimum atomic E-state index is -0.287. The molecule has 16 heavy (non-hydrogen) atoms. The molecule has 1 aromatic rings. The molecule has 1 aliphatic carbocycles. The van der Waals surface area contributed by atoms with Gasteiger partial charge in [-0.2, -0.15) is 0 Å². The van der Waals surface area contributed by atoms with Gasteiger partial charge in [-0.15, -0.1) is 0 Å². The number of benzene rings is 1. The van der Waals surface area contributed by atoms with Crippen LogP contribution in [0.5, 0.6) is 0 Å². The van der Waals surface area contributed by atoms with E-state index in [0.29, 0.717) is 18.1 Å². The third kappa shape index (κ3) is 3.00. The van der Waals surface area contributed by atoms with Crippen molar-refractivity contribution in [1.82, 2.24) is 0 Å². The molecule has 1 aromatic carbocycles. The lowest BCUT2D eigenvalue weighted by atomic mass is 10.1. The Labute approximate surface area is 99.6 Å². The Morgan fingerprint density at radius 1 is 1.50 bits per heavy atom. The fourth-order valence-electron chi connectivity index (χ4n) is 1.54. The standard InChI is InChI=1S/C12H14FNOS/c13-10-3-4-11(12(14)16)9(5-10)7-15-6-8-1-2-8/h3-5,8H,1-2,6-7H2,(H2,14,16). The van der Waals surface area contributed by atoms with Crippen molar-refractivity contribution < 1.29 is 9.13 Å². The van der Waals surface area contributed by atoms with Crippen molar-refractivity contribution in [2.45, 2.75) is 19.4 Å². The first-order valence-electron chi connectivity index (χ1n) is 5.33. The molecule has 2 N–H and O–H groups in total. The summed E-state index contributed by atoms with van der Waals surface area (Å²) in [6.45, 7) is 1.12. The topological polar surface area (TPSA) is 35.2 Å². The van der Waals surface area contributed by atoms with Crippen molar-refractivity contribution in [2.75, 3.05) is 6.61 Å². The van der Waals surface area contributed by atoms with E-state index in [1.165, 1.54) is 25.0 Å². The summed E-state index contributed by atoms with van der Waals surface area (Å²) >= 11 is 4.91. The SMILES string of the molecule is NC(=S)c1ccc(F)cc1COCC1CC1. The number of halogens is 1. The molecule has 4 heteroatoms. The number of nitrogens with two attached hydrogens (primary N) is 1. The Bertz CT molecular complexity index is 404.